The first-order chi connectivity index (χ1) is 15.4. The lowest BCUT2D eigenvalue weighted by atomic mass is 10.1. The number of aromatic nitrogens is 2. The van der Waals surface area contributed by atoms with Gasteiger partial charge in [-0.05, 0) is 42.5 Å². The summed E-state index contributed by atoms with van der Waals surface area (Å²) < 4.78 is 10.3. The second kappa shape index (κ2) is 8.68. The molecule has 4 rings (SSSR count). The summed E-state index contributed by atoms with van der Waals surface area (Å²) in [5.41, 5.74) is 2.29. The summed E-state index contributed by atoms with van der Waals surface area (Å²) in [6.07, 6.45) is 0. The van der Waals surface area contributed by atoms with Crippen molar-refractivity contribution in [2.75, 3.05) is 13.7 Å². The number of methoxy groups -OCH3 is 1. The smallest absolute Gasteiger partial charge is 0.338 e. The number of hydrogen-bond acceptors (Lipinski definition) is 7. The molecule has 0 aliphatic carbocycles. The van der Waals surface area contributed by atoms with Gasteiger partial charge in [-0.15, -0.1) is 0 Å². The highest BCUT2D eigenvalue weighted by atomic mass is 16.6. The normalized spacial score (nSPS) is 10.7. The molecule has 0 spiro atoms. The minimum atomic E-state index is -0.689. The van der Waals surface area contributed by atoms with E-state index >= 15 is 0 Å². The van der Waals surface area contributed by atoms with E-state index in [1.165, 1.54) is 18.2 Å². The zero-order chi connectivity index (χ0) is 22.7. The minimum Gasteiger partial charge on any atom is -0.497 e. The summed E-state index contributed by atoms with van der Waals surface area (Å²) in [7, 11) is 1.59. The molecule has 0 aliphatic rings. The molecular weight excluding hydrogens is 414 g/mol. The first kappa shape index (κ1) is 20.7. The molecule has 3 aromatic carbocycles. The Kier molecular flexibility index (Phi) is 5.63. The van der Waals surface area contributed by atoms with Crippen molar-refractivity contribution < 1.29 is 24.0 Å². The average molecular weight is 431 g/mol. The number of aromatic amines is 1. The zero-order valence-corrected chi connectivity index (χ0v) is 16.9. The Morgan fingerprint density at radius 2 is 1.81 bits per heavy atom. The summed E-state index contributed by atoms with van der Waals surface area (Å²) in [4.78, 5) is 42.6. The Hall–Kier alpha value is -4.53. The lowest BCUT2D eigenvalue weighted by molar-refractivity contribution is -0.384. The number of non-ortho nitro benzene ring substituents is 1. The first-order valence-corrected chi connectivity index (χ1v) is 9.53. The van der Waals surface area contributed by atoms with E-state index in [1.807, 2.05) is 24.3 Å². The van der Waals surface area contributed by atoms with Gasteiger partial charge in [0.15, 0.2) is 6.61 Å². The van der Waals surface area contributed by atoms with Crippen LogP contribution < -0.4 is 4.74 Å². The summed E-state index contributed by atoms with van der Waals surface area (Å²) in [6.45, 7) is -0.530. The van der Waals surface area contributed by atoms with Crippen LogP contribution in [-0.4, -0.2) is 40.4 Å². The van der Waals surface area contributed by atoms with Crippen LogP contribution in [0.25, 0.3) is 22.4 Å². The van der Waals surface area contributed by atoms with Gasteiger partial charge in [-0.3, -0.25) is 14.9 Å². The molecule has 0 bridgehead atoms. The largest absolute Gasteiger partial charge is 0.497 e. The van der Waals surface area contributed by atoms with Crippen LogP contribution in [0.4, 0.5) is 5.69 Å². The van der Waals surface area contributed by atoms with Crippen LogP contribution in [0, 0.1) is 10.1 Å². The van der Waals surface area contributed by atoms with Crippen LogP contribution in [0.3, 0.4) is 0 Å². The maximum Gasteiger partial charge on any atom is 0.338 e. The van der Waals surface area contributed by atoms with Crippen LogP contribution in [0.1, 0.15) is 20.7 Å². The van der Waals surface area contributed by atoms with Crippen molar-refractivity contribution >= 4 is 28.5 Å². The summed E-state index contributed by atoms with van der Waals surface area (Å²) >= 11 is 0. The number of carbonyl (C=O) groups excluding carboxylic acids is 2. The van der Waals surface area contributed by atoms with Gasteiger partial charge < -0.3 is 14.5 Å². The number of Topliss-reactive ketones (excluding diaryl/α,β-unsaturated/α-hetero) is 1. The number of ether oxygens (including phenoxy) is 2. The SMILES string of the molecule is COc1ccc(-c2nc3ccc(C(=O)OCC(=O)c4cccc([N+](=O)[O-])c4)cc3[nH]2)cc1. The number of fused-ring (bicyclic) bond motifs is 1. The van der Waals surface area contributed by atoms with Crippen molar-refractivity contribution in [2.45, 2.75) is 0 Å². The third-order valence-electron chi connectivity index (χ3n) is 4.79. The number of nitrogens with one attached hydrogen (secondary N) is 1. The molecule has 1 heterocycles. The van der Waals surface area contributed by atoms with Crippen LogP contribution >= 0.6 is 0 Å². The number of rotatable bonds is 7. The molecule has 0 radical (unpaired) electrons. The second-order valence-corrected chi connectivity index (χ2v) is 6.85. The van der Waals surface area contributed by atoms with E-state index in [2.05, 4.69) is 9.97 Å². The molecule has 0 fully saturated rings. The number of carbonyl (C=O) groups is 2. The second-order valence-electron chi connectivity index (χ2n) is 6.85. The number of imidazole rings is 1. The number of nitro benzene ring substituents is 1. The topological polar surface area (TPSA) is 124 Å². The summed E-state index contributed by atoms with van der Waals surface area (Å²) in [6, 6.07) is 17.5. The fourth-order valence-electron chi connectivity index (χ4n) is 3.11. The van der Waals surface area contributed by atoms with Crippen molar-refractivity contribution in [1.29, 1.82) is 0 Å². The molecule has 0 saturated carbocycles. The summed E-state index contributed by atoms with van der Waals surface area (Å²) in [5, 5.41) is 10.9. The fraction of sp³-hybridized carbons (Fsp3) is 0.0870. The molecule has 9 heteroatoms. The van der Waals surface area contributed by atoms with E-state index in [1.54, 1.807) is 25.3 Å². The highest BCUT2D eigenvalue weighted by molar-refractivity contribution is 6.00. The Morgan fingerprint density at radius 3 is 2.53 bits per heavy atom. The van der Waals surface area contributed by atoms with Crippen molar-refractivity contribution in [3.05, 3.63) is 88.0 Å². The fourth-order valence-corrected chi connectivity index (χ4v) is 3.11. The molecule has 0 unspecified atom stereocenters. The average Bonchev–Trinajstić information content (AvgIpc) is 3.26. The predicted octanol–water partition coefficient (Wildman–Crippen LogP) is 4.19. The Balaban J connectivity index is 1.47. The molecule has 1 aromatic heterocycles. The number of H-pyrrole nitrogens is 1. The first-order valence-electron chi connectivity index (χ1n) is 9.53. The van der Waals surface area contributed by atoms with Gasteiger partial charge in [-0.2, -0.15) is 0 Å². The molecule has 0 atom stereocenters. The maximum absolute atomic E-state index is 12.4. The minimum absolute atomic E-state index is 0.0974. The highest BCUT2D eigenvalue weighted by Gasteiger charge is 2.16. The van der Waals surface area contributed by atoms with Gasteiger partial charge in [-0.25, -0.2) is 9.78 Å². The number of hydrogen-bond donors (Lipinski definition) is 1. The number of nitro groups is 1. The standard InChI is InChI=1S/C23H17N3O6/c1-31-18-8-5-14(6-9-18)22-24-19-10-7-16(12-20(19)25-22)23(28)32-13-21(27)15-3-2-4-17(11-15)26(29)30/h2-12H,13H2,1H3,(H,24,25). The van der Waals surface area contributed by atoms with Gasteiger partial charge in [0.05, 0.1) is 28.6 Å². The van der Waals surface area contributed by atoms with Crippen LogP contribution in [0.15, 0.2) is 66.7 Å². The third kappa shape index (κ3) is 4.31. The van der Waals surface area contributed by atoms with Gasteiger partial charge in [-0.1, -0.05) is 12.1 Å². The van der Waals surface area contributed by atoms with E-state index in [-0.39, 0.29) is 16.8 Å². The number of benzene rings is 3. The molecule has 32 heavy (non-hydrogen) atoms. The summed E-state index contributed by atoms with van der Waals surface area (Å²) in [5.74, 6) is 0.140. The van der Waals surface area contributed by atoms with E-state index in [4.69, 9.17) is 9.47 Å². The number of nitrogens with zero attached hydrogens (tertiary/aromatic N) is 2. The maximum atomic E-state index is 12.4. The lowest BCUT2D eigenvalue weighted by Gasteiger charge is -2.04. The molecule has 160 valence electrons. The molecule has 0 aliphatic heterocycles. The highest BCUT2D eigenvalue weighted by Crippen LogP contribution is 2.23. The van der Waals surface area contributed by atoms with E-state index in [9.17, 15) is 19.7 Å². The van der Waals surface area contributed by atoms with E-state index < -0.39 is 23.3 Å². The van der Waals surface area contributed by atoms with Gasteiger partial charge in [0.1, 0.15) is 11.6 Å². The molecule has 1 N–H and O–H groups in total. The lowest BCUT2D eigenvalue weighted by Crippen LogP contribution is -2.14. The van der Waals surface area contributed by atoms with Crippen LogP contribution in [0.5, 0.6) is 5.75 Å². The third-order valence-corrected chi connectivity index (χ3v) is 4.79. The molecule has 9 nitrogen and oxygen atoms in total. The van der Waals surface area contributed by atoms with Gasteiger partial charge in [0, 0.05) is 23.3 Å². The van der Waals surface area contributed by atoms with Gasteiger partial charge in [0.25, 0.3) is 5.69 Å². The van der Waals surface area contributed by atoms with Gasteiger partial charge >= 0.3 is 5.97 Å². The van der Waals surface area contributed by atoms with Crippen LogP contribution in [-0.2, 0) is 4.74 Å². The van der Waals surface area contributed by atoms with Crippen molar-refractivity contribution in [3.63, 3.8) is 0 Å². The molecule has 4 aromatic rings. The van der Waals surface area contributed by atoms with E-state index in [0.29, 0.717) is 16.9 Å². The number of esters is 1. The monoisotopic (exact) mass is 431 g/mol. The molecule has 0 saturated heterocycles. The van der Waals surface area contributed by atoms with Gasteiger partial charge in [0.2, 0.25) is 5.78 Å². The quantitative estimate of drug-likeness (QED) is 0.201. The zero-order valence-electron chi connectivity index (χ0n) is 16.9. The Labute approximate surface area is 181 Å². The Bertz CT molecular complexity index is 1330. The Morgan fingerprint density at radius 1 is 1.03 bits per heavy atom. The van der Waals surface area contributed by atoms with Crippen molar-refractivity contribution in [2.24, 2.45) is 0 Å². The van der Waals surface area contributed by atoms with Crippen molar-refractivity contribution in [1.82, 2.24) is 9.97 Å². The number of ketones is 1. The predicted molar refractivity (Wildman–Crippen MR) is 116 cm³/mol. The van der Waals surface area contributed by atoms with E-state index in [0.717, 1.165) is 17.4 Å². The molecular formula is C23H17N3O6. The van der Waals surface area contributed by atoms with Crippen LogP contribution in [0.2, 0.25) is 0 Å². The van der Waals surface area contributed by atoms with Crippen molar-refractivity contribution in [3.8, 4) is 17.1 Å². The molecule has 0 amide bonds.